The predicted molar refractivity (Wildman–Crippen MR) is 91.2 cm³/mol. The van der Waals surface area contributed by atoms with E-state index in [2.05, 4.69) is 0 Å². The lowest BCUT2D eigenvalue weighted by molar-refractivity contribution is 0.101. The summed E-state index contributed by atoms with van der Waals surface area (Å²) in [6, 6.07) is 10.5. The second-order valence-electron chi connectivity index (χ2n) is 5.71. The quantitative estimate of drug-likeness (QED) is 0.587. The Bertz CT molecular complexity index is 836. The Morgan fingerprint density at radius 3 is 2.17 bits per heavy atom. The normalized spacial score (nSPS) is 11.4. The predicted octanol–water partition coefficient (Wildman–Crippen LogP) is 3.75. The molecule has 0 aromatic heterocycles. The van der Waals surface area contributed by atoms with Crippen LogP contribution < -0.4 is 8.92 Å². The molecule has 24 heavy (non-hydrogen) atoms. The van der Waals surface area contributed by atoms with Gasteiger partial charge in [0.25, 0.3) is 0 Å². The minimum absolute atomic E-state index is 0.00203. The Morgan fingerprint density at radius 1 is 1.04 bits per heavy atom. The lowest BCUT2D eigenvalue weighted by atomic mass is 10.1. The highest BCUT2D eigenvalue weighted by molar-refractivity contribution is 7.87. The van der Waals surface area contributed by atoms with Crippen LogP contribution in [0.5, 0.6) is 11.5 Å². The molecule has 0 fully saturated rings. The van der Waals surface area contributed by atoms with Gasteiger partial charge in [-0.25, -0.2) is 0 Å². The van der Waals surface area contributed by atoms with Crippen LogP contribution >= 0.6 is 0 Å². The molecular formula is C18H20O5S. The summed E-state index contributed by atoms with van der Waals surface area (Å²) in [5.74, 6) is 0.690. The van der Waals surface area contributed by atoms with Crippen molar-refractivity contribution in [3.63, 3.8) is 0 Å². The van der Waals surface area contributed by atoms with Crippen LogP contribution in [-0.2, 0) is 10.1 Å². The number of carbonyl (C=O) groups excluding carboxylic acids is 1. The van der Waals surface area contributed by atoms with Crippen LogP contribution in [0.1, 0.15) is 36.7 Å². The van der Waals surface area contributed by atoms with Crippen LogP contribution in [0.2, 0.25) is 0 Å². The number of carbonyl (C=O) groups is 1. The zero-order valence-electron chi connectivity index (χ0n) is 14.1. The highest BCUT2D eigenvalue weighted by Gasteiger charge is 2.18. The summed E-state index contributed by atoms with van der Waals surface area (Å²) < 4.78 is 35.5. The minimum Gasteiger partial charge on any atom is -0.491 e. The molecule has 0 unspecified atom stereocenters. The summed E-state index contributed by atoms with van der Waals surface area (Å²) in [5, 5.41) is 0. The number of ketones is 1. The first-order chi connectivity index (χ1) is 11.2. The van der Waals surface area contributed by atoms with E-state index in [1.165, 1.54) is 43.3 Å². The molecule has 0 spiro atoms. The number of ether oxygens (including phenoxy) is 1. The van der Waals surface area contributed by atoms with E-state index < -0.39 is 10.1 Å². The maximum atomic E-state index is 12.4. The fraction of sp³-hybridized carbons (Fsp3) is 0.278. The van der Waals surface area contributed by atoms with Crippen LogP contribution in [0, 0.1) is 6.92 Å². The van der Waals surface area contributed by atoms with Crippen molar-refractivity contribution in [2.45, 2.75) is 38.7 Å². The largest absolute Gasteiger partial charge is 0.491 e. The van der Waals surface area contributed by atoms with Gasteiger partial charge in [-0.3, -0.25) is 4.79 Å². The molecule has 5 nitrogen and oxygen atoms in total. The molecule has 0 heterocycles. The first kappa shape index (κ1) is 18.0. The summed E-state index contributed by atoms with van der Waals surface area (Å²) in [6.45, 7) is 7.02. The molecule has 128 valence electrons. The van der Waals surface area contributed by atoms with Gasteiger partial charge in [0.1, 0.15) is 16.4 Å². The third kappa shape index (κ3) is 4.35. The molecule has 2 aromatic rings. The van der Waals surface area contributed by atoms with Gasteiger partial charge in [0, 0.05) is 5.56 Å². The number of rotatable bonds is 6. The maximum absolute atomic E-state index is 12.4. The van der Waals surface area contributed by atoms with E-state index in [4.69, 9.17) is 8.92 Å². The van der Waals surface area contributed by atoms with Gasteiger partial charge < -0.3 is 8.92 Å². The molecule has 0 saturated heterocycles. The molecular weight excluding hydrogens is 328 g/mol. The molecule has 0 N–H and O–H groups in total. The standard InChI is InChI=1S/C18H20O5S/c1-12(2)22-18-10-9-17(11-13(18)3)24(20,21)23-16-7-5-15(6-8-16)14(4)19/h5-12H,1-4H3. The molecule has 0 aliphatic heterocycles. The second kappa shape index (κ2) is 7.05. The van der Waals surface area contributed by atoms with Crippen LogP contribution in [0.25, 0.3) is 0 Å². The minimum atomic E-state index is -3.95. The topological polar surface area (TPSA) is 69.7 Å². The Kier molecular flexibility index (Phi) is 5.29. The fourth-order valence-electron chi connectivity index (χ4n) is 2.08. The SMILES string of the molecule is CC(=O)c1ccc(OS(=O)(=O)c2ccc(OC(C)C)c(C)c2)cc1. The van der Waals surface area contributed by atoms with E-state index in [9.17, 15) is 13.2 Å². The molecule has 0 amide bonds. The van der Waals surface area contributed by atoms with Crippen molar-refractivity contribution in [2.24, 2.45) is 0 Å². The van der Waals surface area contributed by atoms with Crippen LogP contribution in [0.15, 0.2) is 47.4 Å². The highest BCUT2D eigenvalue weighted by atomic mass is 32.2. The molecule has 0 radical (unpaired) electrons. The Labute approximate surface area is 142 Å². The molecule has 2 aromatic carbocycles. The number of aryl methyl sites for hydroxylation is 1. The first-order valence-corrected chi connectivity index (χ1v) is 8.92. The smallest absolute Gasteiger partial charge is 0.339 e. The second-order valence-corrected chi connectivity index (χ2v) is 7.26. The summed E-state index contributed by atoms with van der Waals surface area (Å²) >= 11 is 0. The lowest BCUT2D eigenvalue weighted by Crippen LogP contribution is -2.11. The van der Waals surface area contributed by atoms with Gasteiger partial charge in [-0.15, -0.1) is 0 Å². The third-order valence-corrected chi connectivity index (χ3v) is 4.51. The van der Waals surface area contributed by atoms with E-state index >= 15 is 0 Å². The van der Waals surface area contributed by atoms with E-state index in [1.54, 1.807) is 13.0 Å². The number of hydrogen-bond acceptors (Lipinski definition) is 5. The van der Waals surface area contributed by atoms with Gasteiger partial charge in [-0.2, -0.15) is 8.42 Å². The molecule has 0 saturated carbocycles. The summed E-state index contributed by atoms with van der Waals surface area (Å²) in [5.41, 5.74) is 1.20. The zero-order valence-corrected chi connectivity index (χ0v) is 14.9. The van der Waals surface area contributed by atoms with Gasteiger partial charge in [0.2, 0.25) is 0 Å². The van der Waals surface area contributed by atoms with Gasteiger partial charge in [-0.1, -0.05) is 0 Å². The summed E-state index contributed by atoms with van der Waals surface area (Å²) in [7, 11) is -3.95. The first-order valence-electron chi connectivity index (χ1n) is 7.52. The average Bonchev–Trinajstić information content (AvgIpc) is 2.49. The Morgan fingerprint density at radius 2 is 1.67 bits per heavy atom. The molecule has 0 aliphatic rings. The van der Waals surface area contributed by atoms with Crippen molar-refractivity contribution in [1.82, 2.24) is 0 Å². The van der Waals surface area contributed by atoms with Gasteiger partial charge >= 0.3 is 10.1 Å². The van der Waals surface area contributed by atoms with Crippen molar-refractivity contribution < 1.29 is 22.1 Å². The van der Waals surface area contributed by atoms with Crippen molar-refractivity contribution >= 4 is 15.9 Å². The van der Waals surface area contributed by atoms with Gasteiger partial charge in [0.15, 0.2) is 5.78 Å². The monoisotopic (exact) mass is 348 g/mol. The number of benzene rings is 2. The van der Waals surface area contributed by atoms with E-state index in [0.29, 0.717) is 16.9 Å². The number of Topliss-reactive ketones (excluding diaryl/α,β-unsaturated/α-hetero) is 1. The van der Waals surface area contributed by atoms with Crippen molar-refractivity contribution in [2.75, 3.05) is 0 Å². The Balaban J connectivity index is 2.23. The number of hydrogen-bond donors (Lipinski definition) is 0. The molecule has 6 heteroatoms. The molecule has 0 atom stereocenters. The van der Waals surface area contributed by atoms with E-state index in [1.807, 2.05) is 13.8 Å². The van der Waals surface area contributed by atoms with Gasteiger partial charge in [0.05, 0.1) is 6.10 Å². The fourth-order valence-corrected chi connectivity index (χ4v) is 3.10. The molecule has 2 rings (SSSR count). The van der Waals surface area contributed by atoms with Crippen LogP contribution in [0.3, 0.4) is 0 Å². The molecule has 0 aliphatic carbocycles. The summed E-state index contributed by atoms with van der Waals surface area (Å²) in [6.07, 6.45) is 0.00203. The van der Waals surface area contributed by atoms with Crippen molar-refractivity contribution in [3.05, 3.63) is 53.6 Å². The maximum Gasteiger partial charge on any atom is 0.339 e. The van der Waals surface area contributed by atoms with Crippen molar-refractivity contribution in [3.8, 4) is 11.5 Å². The average molecular weight is 348 g/mol. The van der Waals surface area contributed by atoms with Crippen LogP contribution in [0.4, 0.5) is 0 Å². The van der Waals surface area contributed by atoms with E-state index in [0.717, 1.165) is 0 Å². The van der Waals surface area contributed by atoms with Crippen molar-refractivity contribution in [1.29, 1.82) is 0 Å². The summed E-state index contributed by atoms with van der Waals surface area (Å²) in [4.78, 5) is 11.3. The highest BCUT2D eigenvalue weighted by Crippen LogP contribution is 2.25. The van der Waals surface area contributed by atoms with E-state index in [-0.39, 0.29) is 22.5 Å². The van der Waals surface area contributed by atoms with Crippen LogP contribution in [-0.4, -0.2) is 20.3 Å². The lowest BCUT2D eigenvalue weighted by Gasteiger charge is -2.13. The van der Waals surface area contributed by atoms with Gasteiger partial charge in [-0.05, 0) is 75.7 Å². The molecule has 0 bridgehead atoms. The third-order valence-electron chi connectivity index (χ3n) is 3.26. The zero-order chi connectivity index (χ0) is 17.9. The Hall–Kier alpha value is -2.34.